The molecule has 0 radical (unpaired) electrons. The number of ketones is 1. The van der Waals surface area contributed by atoms with E-state index in [1.165, 1.54) is 19.3 Å². The van der Waals surface area contributed by atoms with E-state index < -0.39 is 0 Å². The lowest BCUT2D eigenvalue weighted by Gasteiger charge is -2.49. The van der Waals surface area contributed by atoms with Crippen LogP contribution in [0.1, 0.15) is 36.5 Å². The number of Topliss-reactive ketones (excluding diaryl/α,β-unsaturated/α-hetero) is 1. The van der Waals surface area contributed by atoms with Crippen molar-refractivity contribution in [1.29, 1.82) is 0 Å². The zero-order valence-corrected chi connectivity index (χ0v) is 12.3. The van der Waals surface area contributed by atoms with Gasteiger partial charge < -0.3 is 9.80 Å². The summed E-state index contributed by atoms with van der Waals surface area (Å²) in [5.74, 6) is 0.989. The molecule has 0 saturated heterocycles. The molecule has 0 atom stereocenters. The van der Waals surface area contributed by atoms with Gasteiger partial charge in [-0.3, -0.25) is 4.79 Å². The van der Waals surface area contributed by atoms with E-state index in [9.17, 15) is 4.79 Å². The van der Waals surface area contributed by atoms with E-state index in [1.54, 1.807) is 13.1 Å². The van der Waals surface area contributed by atoms with E-state index in [0.717, 1.165) is 12.4 Å². The quantitative estimate of drug-likeness (QED) is 0.761. The normalized spacial score (nSPS) is 17.1. The van der Waals surface area contributed by atoms with Gasteiger partial charge in [0.05, 0.1) is 0 Å². The molecule has 0 amide bonds. The maximum absolute atomic E-state index is 11.2. The fourth-order valence-electron chi connectivity index (χ4n) is 2.67. The van der Waals surface area contributed by atoms with Crippen LogP contribution in [0.25, 0.3) is 0 Å². The lowest BCUT2D eigenvalue weighted by molar-refractivity contribution is 0.0682. The molecule has 0 bridgehead atoms. The van der Waals surface area contributed by atoms with Crippen molar-refractivity contribution in [3.8, 4) is 0 Å². The maximum atomic E-state index is 11.2. The molecule has 104 valence electrons. The Bertz CT molecular complexity index is 449. The number of rotatable bonds is 5. The van der Waals surface area contributed by atoms with Crippen molar-refractivity contribution >= 4 is 11.6 Å². The number of likely N-dealkylation sites (N-methyl/N-ethyl adjacent to an activating group) is 2. The highest BCUT2D eigenvalue weighted by molar-refractivity contribution is 5.93. The Balaban J connectivity index is 2.07. The number of anilines is 1. The van der Waals surface area contributed by atoms with Crippen molar-refractivity contribution in [1.82, 2.24) is 9.88 Å². The van der Waals surface area contributed by atoms with Gasteiger partial charge in [-0.2, -0.15) is 0 Å². The summed E-state index contributed by atoms with van der Waals surface area (Å²) < 4.78 is 0. The van der Waals surface area contributed by atoms with E-state index in [4.69, 9.17) is 0 Å². The minimum absolute atomic E-state index is 0.0606. The van der Waals surface area contributed by atoms with Crippen molar-refractivity contribution < 1.29 is 4.79 Å². The number of aromatic nitrogens is 1. The summed E-state index contributed by atoms with van der Waals surface area (Å²) in [6.45, 7) is 2.54. The highest BCUT2D eigenvalue weighted by Gasteiger charge is 2.40. The molecule has 0 spiro atoms. The van der Waals surface area contributed by atoms with Gasteiger partial charge >= 0.3 is 0 Å². The number of nitrogens with zero attached hydrogens (tertiary/aromatic N) is 3. The first-order valence-electron chi connectivity index (χ1n) is 6.80. The van der Waals surface area contributed by atoms with Crippen LogP contribution in [0.2, 0.25) is 0 Å². The molecule has 0 unspecified atom stereocenters. The van der Waals surface area contributed by atoms with Crippen LogP contribution in [0.4, 0.5) is 5.82 Å². The fraction of sp³-hybridized carbons (Fsp3) is 0.600. The van der Waals surface area contributed by atoms with Crippen LogP contribution in [0.15, 0.2) is 18.3 Å². The van der Waals surface area contributed by atoms with Crippen LogP contribution in [0, 0.1) is 0 Å². The Morgan fingerprint density at radius 3 is 2.37 bits per heavy atom. The molecule has 0 aliphatic heterocycles. The van der Waals surface area contributed by atoms with Gasteiger partial charge in [0, 0.05) is 30.9 Å². The largest absolute Gasteiger partial charge is 0.358 e. The number of pyridine rings is 1. The SMILES string of the molecule is CC(=O)c1ccc(N(C)CC2(N(C)C)CCC2)nc1. The van der Waals surface area contributed by atoms with Crippen LogP contribution in [-0.4, -0.2) is 48.9 Å². The summed E-state index contributed by atoms with van der Waals surface area (Å²) in [7, 11) is 6.37. The summed E-state index contributed by atoms with van der Waals surface area (Å²) in [6.07, 6.45) is 5.46. The average molecular weight is 261 g/mol. The highest BCUT2D eigenvalue weighted by atomic mass is 16.1. The van der Waals surface area contributed by atoms with Crippen molar-refractivity contribution in [3.05, 3.63) is 23.9 Å². The van der Waals surface area contributed by atoms with Crippen LogP contribution >= 0.6 is 0 Å². The zero-order chi connectivity index (χ0) is 14.0. The number of carbonyl (C=O) groups is 1. The second kappa shape index (κ2) is 5.29. The predicted molar refractivity (Wildman–Crippen MR) is 77.8 cm³/mol. The minimum Gasteiger partial charge on any atom is -0.358 e. The Morgan fingerprint density at radius 1 is 1.32 bits per heavy atom. The topological polar surface area (TPSA) is 36.4 Å². The third-order valence-electron chi connectivity index (χ3n) is 4.31. The van der Waals surface area contributed by atoms with Crippen molar-refractivity contribution in [2.75, 3.05) is 32.6 Å². The second-order valence-electron chi connectivity index (χ2n) is 5.79. The fourth-order valence-corrected chi connectivity index (χ4v) is 2.67. The molecule has 2 rings (SSSR count). The van der Waals surface area contributed by atoms with Crippen LogP contribution < -0.4 is 4.90 Å². The molecular weight excluding hydrogens is 238 g/mol. The molecule has 1 saturated carbocycles. The Morgan fingerprint density at radius 2 is 2.00 bits per heavy atom. The lowest BCUT2D eigenvalue weighted by atomic mass is 9.75. The standard InChI is InChI=1S/C15H23N3O/c1-12(19)13-6-7-14(16-10-13)18(4)11-15(17(2)3)8-5-9-15/h6-7,10H,5,8-9,11H2,1-4H3. The van der Waals surface area contributed by atoms with Crippen LogP contribution in [0.5, 0.6) is 0 Å². The predicted octanol–water partition coefficient (Wildman–Crippen LogP) is 2.20. The second-order valence-corrected chi connectivity index (χ2v) is 5.79. The van der Waals surface area contributed by atoms with Gasteiger partial charge in [0.1, 0.15) is 5.82 Å². The van der Waals surface area contributed by atoms with Crippen LogP contribution in [-0.2, 0) is 0 Å². The molecule has 1 fully saturated rings. The van der Waals surface area contributed by atoms with Gasteiger partial charge in [0.25, 0.3) is 0 Å². The van der Waals surface area contributed by atoms with Gasteiger partial charge in [0.2, 0.25) is 0 Å². The summed E-state index contributed by atoms with van der Waals surface area (Å²) in [4.78, 5) is 20.1. The van der Waals surface area contributed by atoms with Gasteiger partial charge in [-0.25, -0.2) is 4.98 Å². The van der Waals surface area contributed by atoms with Crippen molar-refractivity contribution in [2.45, 2.75) is 31.7 Å². The number of carbonyl (C=O) groups excluding carboxylic acids is 1. The number of hydrogen-bond donors (Lipinski definition) is 0. The maximum Gasteiger partial charge on any atom is 0.161 e. The van der Waals surface area contributed by atoms with Gasteiger partial charge in [-0.05, 0) is 52.4 Å². The highest BCUT2D eigenvalue weighted by Crippen LogP contribution is 2.37. The number of hydrogen-bond acceptors (Lipinski definition) is 4. The first-order chi connectivity index (χ1) is 8.94. The molecule has 1 aliphatic carbocycles. The third kappa shape index (κ3) is 2.78. The van der Waals surface area contributed by atoms with E-state index in [-0.39, 0.29) is 11.3 Å². The van der Waals surface area contributed by atoms with Gasteiger partial charge in [-0.15, -0.1) is 0 Å². The molecular formula is C15H23N3O. The summed E-state index contributed by atoms with van der Waals surface area (Å²) >= 11 is 0. The molecule has 4 nitrogen and oxygen atoms in total. The van der Waals surface area contributed by atoms with Crippen LogP contribution in [0.3, 0.4) is 0 Å². The van der Waals surface area contributed by atoms with E-state index in [1.807, 2.05) is 12.1 Å². The van der Waals surface area contributed by atoms with Crippen molar-refractivity contribution in [2.24, 2.45) is 0 Å². The minimum atomic E-state index is 0.0606. The third-order valence-corrected chi connectivity index (χ3v) is 4.31. The lowest BCUT2D eigenvalue weighted by Crippen LogP contribution is -2.56. The van der Waals surface area contributed by atoms with Gasteiger partial charge in [0.15, 0.2) is 5.78 Å². The molecule has 1 aromatic rings. The van der Waals surface area contributed by atoms with E-state index >= 15 is 0 Å². The zero-order valence-electron chi connectivity index (χ0n) is 12.3. The molecule has 0 N–H and O–H groups in total. The monoisotopic (exact) mass is 261 g/mol. The summed E-state index contributed by atoms with van der Waals surface area (Å²) in [5, 5.41) is 0. The first kappa shape index (κ1) is 14.0. The molecule has 1 heterocycles. The molecule has 1 aromatic heterocycles. The smallest absolute Gasteiger partial charge is 0.161 e. The molecule has 0 aromatic carbocycles. The summed E-state index contributed by atoms with van der Waals surface area (Å²) in [5.41, 5.74) is 0.957. The average Bonchev–Trinajstić information content (AvgIpc) is 2.33. The van der Waals surface area contributed by atoms with Crippen molar-refractivity contribution in [3.63, 3.8) is 0 Å². The first-order valence-corrected chi connectivity index (χ1v) is 6.80. The Hall–Kier alpha value is -1.42. The van der Waals surface area contributed by atoms with Gasteiger partial charge in [-0.1, -0.05) is 0 Å². The molecule has 1 aliphatic rings. The Labute approximate surface area is 115 Å². The van der Waals surface area contributed by atoms with E-state index in [2.05, 4.69) is 35.9 Å². The molecule has 4 heteroatoms. The van der Waals surface area contributed by atoms with E-state index in [0.29, 0.717) is 5.56 Å². The molecule has 19 heavy (non-hydrogen) atoms. The summed E-state index contributed by atoms with van der Waals surface area (Å²) in [6, 6.07) is 3.78. The Kier molecular flexibility index (Phi) is 3.90.